The summed E-state index contributed by atoms with van der Waals surface area (Å²) in [6.45, 7) is 5.13. The molecule has 20 heavy (non-hydrogen) atoms. The second-order valence-corrected chi connectivity index (χ2v) is 4.35. The van der Waals surface area contributed by atoms with Crippen LogP contribution in [-0.4, -0.2) is 39.4 Å². The zero-order valence-corrected chi connectivity index (χ0v) is 12.2. The van der Waals surface area contributed by atoms with Crippen molar-refractivity contribution in [2.45, 2.75) is 13.8 Å². The Balaban J connectivity index is 2.98. The van der Waals surface area contributed by atoms with E-state index in [1.807, 2.05) is 19.1 Å². The number of esters is 1. The van der Waals surface area contributed by atoms with Gasteiger partial charge in [0.2, 0.25) is 0 Å². The summed E-state index contributed by atoms with van der Waals surface area (Å²) < 4.78 is 10.0. The van der Waals surface area contributed by atoms with Crippen molar-refractivity contribution in [2.75, 3.05) is 38.3 Å². The van der Waals surface area contributed by atoms with Crippen molar-refractivity contribution in [3.63, 3.8) is 0 Å². The summed E-state index contributed by atoms with van der Waals surface area (Å²) >= 11 is 0. The second-order valence-electron chi connectivity index (χ2n) is 4.35. The Labute approximate surface area is 119 Å². The quantitative estimate of drug-likeness (QED) is 0.712. The first kappa shape index (κ1) is 16.0. The molecule has 0 aliphatic heterocycles. The van der Waals surface area contributed by atoms with E-state index in [-0.39, 0.29) is 12.5 Å². The third kappa shape index (κ3) is 4.56. The molecule has 0 radical (unpaired) electrons. The van der Waals surface area contributed by atoms with E-state index in [0.717, 1.165) is 11.3 Å². The van der Waals surface area contributed by atoms with Crippen molar-refractivity contribution in [3.8, 4) is 6.07 Å². The lowest BCUT2D eigenvalue weighted by atomic mass is 10.1. The summed E-state index contributed by atoms with van der Waals surface area (Å²) in [5.41, 5.74) is 2.28. The van der Waals surface area contributed by atoms with E-state index >= 15 is 0 Å². The average Bonchev–Trinajstić information content (AvgIpc) is 2.43. The van der Waals surface area contributed by atoms with Gasteiger partial charge in [0.25, 0.3) is 0 Å². The van der Waals surface area contributed by atoms with Gasteiger partial charge in [-0.05, 0) is 31.5 Å². The average molecular weight is 276 g/mol. The third-order valence-corrected chi connectivity index (χ3v) is 2.80. The molecule has 0 N–H and O–H groups in total. The van der Waals surface area contributed by atoms with E-state index in [1.54, 1.807) is 25.0 Å². The van der Waals surface area contributed by atoms with Crippen molar-refractivity contribution in [3.05, 3.63) is 29.3 Å². The standard InChI is InChI=1S/C15H20N2O3/c1-4-20-15(18)11-17(7-8-19-3)14-6-5-12(2)9-13(14)10-16/h5-6,9H,4,7-8,11H2,1-3H3. The maximum Gasteiger partial charge on any atom is 0.325 e. The summed E-state index contributed by atoms with van der Waals surface area (Å²) in [5, 5.41) is 9.23. The molecule has 0 amide bonds. The van der Waals surface area contributed by atoms with Gasteiger partial charge in [-0.3, -0.25) is 4.79 Å². The number of nitrogens with zero attached hydrogens (tertiary/aromatic N) is 2. The highest BCUT2D eigenvalue weighted by atomic mass is 16.5. The Bertz CT molecular complexity index is 494. The molecule has 108 valence electrons. The summed E-state index contributed by atoms with van der Waals surface area (Å²) in [6.07, 6.45) is 0. The molecule has 1 aromatic carbocycles. The van der Waals surface area contributed by atoms with Gasteiger partial charge >= 0.3 is 5.97 Å². The van der Waals surface area contributed by atoms with E-state index in [1.165, 1.54) is 0 Å². The van der Waals surface area contributed by atoms with Crippen LogP contribution >= 0.6 is 0 Å². The molecule has 1 aromatic rings. The van der Waals surface area contributed by atoms with E-state index in [4.69, 9.17) is 9.47 Å². The third-order valence-electron chi connectivity index (χ3n) is 2.80. The number of anilines is 1. The van der Waals surface area contributed by atoms with Gasteiger partial charge in [-0.15, -0.1) is 0 Å². The topological polar surface area (TPSA) is 62.6 Å². The molecule has 0 fully saturated rings. The van der Waals surface area contributed by atoms with Crippen molar-refractivity contribution >= 4 is 11.7 Å². The monoisotopic (exact) mass is 276 g/mol. The van der Waals surface area contributed by atoms with Gasteiger partial charge < -0.3 is 14.4 Å². The molecular formula is C15H20N2O3. The molecule has 0 unspecified atom stereocenters. The van der Waals surface area contributed by atoms with Crippen molar-refractivity contribution in [1.29, 1.82) is 5.26 Å². The summed E-state index contributed by atoms with van der Waals surface area (Å²) in [7, 11) is 1.60. The van der Waals surface area contributed by atoms with Gasteiger partial charge in [-0.2, -0.15) is 5.26 Å². The fraction of sp³-hybridized carbons (Fsp3) is 0.467. The molecule has 0 saturated heterocycles. The van der Waals surface area contributed by atoms with Crippen LogP contribution in [0.2, 0.25) is 0 Å². The second kappa shape index (κ2) is 8.18. The summed E-state index contributed by atoms with van der Waals surface area (Å²) in [5.74, 6) is -0.312. The number of ether oxygens (including phenoxy) is 2. The molecule has 1 rings (SSSR count). The van der Waals surface area contributed by atoms with Crippen LogP contribution in [0, 0.1) is 18.3 Å². The van der Waals surface area contributed by atoms with Crippen molar-refractivity contribution < 1.29 is 14.3 Å². The van der Waals surface area contributed by atoms with Gasteiger partial charge in [0.1, 0.15) is 12.6 Å². The van der Waals surface area contributed by atoms with E-state index in [9.17, 15) is 10.1 Å². The van der Waals surface area contributed by atoms with Crippen molar-refractivity contribution in [2.24, 2.45) is 0 Å². The normalized spacial score (nSPS) is 9.90. The molecule has 5 nitrogen and oxygen atoms in total. The van der Waals surface area contributed by atoms with Crippen LogP contribution in [0.5, 0.6) is 0 Å². The fourth-order valence-corrected chi connectivity index (χ4v) is 1.86. The Hall–Kier alpha value is -2.06. The Morgan fingerprint density at radius 3 is 2.80 bits per heavy atom. The minimum absolute atomic E-state index is 0.106. The minimum atomic E-state index is -0.312. The molecule has 0 atom stereocenters. The molecule has 0 saturated carbocycles. The number of hydrogen-bond donors (Lipinski definition) is 0. The largest absolute Gasteiger partial charge is 0.465 e. The highest BCUT2D eigenvalue weighted by molar-refractivity contribution is 5.77. The van der Waals surface area contributed by atoms with Crippen molar-refractivity contribution in [1.82, 2.24) is 0 Å². The number of carbonyl (C=O) groups is 1. The van der Waals surface area contributed by atoms with Crippen LogP contribution in [0.1, 0.15) is 18.1 Å². The molecule has 0 aliphatic rings. The van der Waals surface area contributed by atoms with Gasteiger partial charge in [-0.1, -0.05) is 6.07 Å². The first-order valence-corrected chi connectivity index (χ1v) is 6.52. The molecule has 0 aromatic heterocycles. The van der Waals surface area contributed by atoms with Crippen LogP contribution < -0.4 is 4.90 Å². The first-order chi connectivity index (χ1) is 9.62. The van der Waals surface area contributed by atoms with Crippen LogP contribution in [0.3, 0.4) is 0 Å². The lowest BCUT2D eigenvalue weighted by Gasteiger charge is -2.24. The zero-order chi connectivity index (χ0) is 15.0. The molecule has 0 heterocycles. The summed E-state index contributed by atoms with van der Waals surface area (Å²) in [4.78, 5) is 13.5. The maximum atomic E-state index is 11.7. The van der Waals surface area contributed by atoms with Gasteiger partial charge in [-0.25, -0.2) is 0 Å². The number of rotatable bonds is 7. The number of hydrogen-bond acceptors (Lipinski definition) is 5. The first-order valence-electron chi connectivity index (χ1n) is 6.52. The number of benzene rings is 1. The Kier molecular flexibility index (Phi) is 6.54. The molecular weight excluding hydrogens is 256 g/mol. The Morgan fingerprint density at radius 1 is 1.45 bits per heavy atom. The smallest absolute Gasteiger partial charge is 0.325 e. The lowest BCUT2D eigenvalue weighted by Crippen LogP contribution is -2.34. The Morgan fingerprint density at radius 2 is 2.20 bits per heavy atom. The molecule has 0 bridgehead atoms. The minimum Gasteiger partial charge on any atom is -0.465 e. The molecule has 0 aliphatic carbocycles. The van der Waals surface area contributed by atoms with Crippen LogP contribution in [0.15, 0.2) is 18.2 Å². The predicted molar refractivity (Wildman–Crippen MR) is 76.6 cm³/mol. The summed E-state index contributed by atoms with van der Waals surface area (Å²) in [6, 6.07) is 7.74. The SMILES string of the molecule is CCOC(=O)CN(CCOC)c1ccc(C)cc1C#N. The maximum absolute atomic E-state index is 11.7. The molecule has 0 spiro atoms. The highest BCUT2D eigenvalue weighted by Crippen LogP contribution is 2.21. The van der Waals surface area contributed by atoms with Gasteiger partial charge in [0.15, 0.2) is 0 Å². The van der Waals surface area contributed by atoms with E-state index in [0.29, 0.717) is 25.3 Å². The van der Waals surface area contributed by atoms with E-state index < -0.39 is 0 Å². The van der Waals surface area contributed by atoms with Gasteiger partial charge in [0, 0.05) is 13.7 Å². The zero-order valence-electron chi connectivity index (χ0n) is 12.2. The number of methoxy groups -OCH3 is 1. The lowest BCUT2D eigenvalue weighted by molar-refractivity contribution is -0.141. The number of carbonyl (C=O) groups excluding carboxylic acids is 1. The predicted octanol–water partition coefficient (Wildman–Crippen LogP) is 1.88. The van der Waals surface area contributed by atoms with E-state index in [2.05, 4.69) is 6.07 Å². The fourth-order valence-electron chi connectivity index (χ4n) is 1.86. The number of nitriles is 1. The number of aryl methyl sites for hydroxylation is 1. The van der Waals surface area contributed by atoms with Crippen LogP contribution in [0.4, 0.5) is 5.69 Å². The highest BCUT2D eigenvalue weighted by Gasteiger charge is 2.15. The van der Waals surface area contributed by atoms with Crippen LogP contribution in [-0.2, 0) is 14.3 Å². The van der Waals surface area contributed by atoms with Crippen LogP contribution in [0.25, 0.3) is 0 Å². The molecule has 5 heteroatoms. The van der Waals surface area contributed by atoms with Gasteiger partial charge in [0.05, 0.1) is 24.5 Å².